The maximum absolute atomic E-state index is 8.36. The molecule has 1 N–H and O–H groups in total. The van der Waals surface area contributed by atoms with E-state index in [1.807, 2.05) is 6.08 Å². The van der Waals surface area contributed by atoms with E-state index in [9.17, 15) is 0 Å². The molecule has 0 atom stereocenters. The van der Waals surface area contributed by atoms with Crippen molar-refractivity contribution in [3.8, 4) is 0 Å². The quantitative estimate of drug-likeness (QED) is 0.570. The van der Waals surface area contributed by atoms with Crippen LogP contribution in [0.1, 0.15) is 19.8 Å². The number of hydrogen-bond acceptors (Lipinski definition) is 1. The van der Waals surface area contributed by atoms with Gasteiger partial charge in [0.15, 0.2) is 0 Å². The second kappa shape index (κ2) is 8.49. The summed E-state index contributed by atoms with van der Waals surface area (Å²) in [4.78, 5) is 0. The summed E-state index contributed by atoms with van der Waals surface area (Å²) in [7, 11) is 0. The van der Waals surface area contributed by atoms with E-state index >= 15 is 0 Å². The SMILES string of the molecule is CCCC[Te]/C=C\CO. The van der Waals surface area contributed by atoms with E-state index in [0.29, 0.717) is 0 Å². The van der Waals surface area contributed by atoms with Crippen LogP contribution in [-0.2, 0) is 0 Å². The van der Waals surface area contributed by atoms with Gasteiger partial charge in [-0.3, -0.25) is 0 Å². The van der Waals surface area contributed by atoms with Crippen LogP contribution < -0.4 is 0 Å². The molecule has 9 heavy (non-hydrogen) atoms. The van der Waals surface area contributed by atoms with E-state index in [0.717, 1.165) is 0 Å². The average Bonchev–Trinajstić information content (AvgIpc) is 1.89. The Balaban J connectivity index is 2.82. The van der Waals surface area contributed by atoms with Crippen LogP contribution in [0.15, 0.2) is 10.2 Å². The van der Waals surface area contributed by atoms with Crippen LogP contribution in [0.4, 0.5) is 0 Å². The van der Waals surface area contributed by atoms with E-state index < -0.39 is 0 Å². The number of aliphatic hydroxyl groups excluding tert-OH is 1. The van der Waals surface area contributed by atoms with Crippen molar-refractivity contribution >= 4 is 20.9 Å². The molecule has 0 unspecified atom stereocenters. The first-order valence-corrected chi connectivity index (χ1v) is 6.28. The van der Waals surface area contributed by atoms with Gasteiger partial charge in [0.2, 0.25) is 0 Å². The molecular weight excluding hydrogens is 228 g/mol. The number of aliphatic hydroxyl groups is 1. The average molecular weight is 242 g/mol. The summed E-state index contributed by atoms with van der Waals surface area (Å²) in [5.74, 6) is 0. The first-order chi connectivity index (χ1) is 4.41. The van der Waals surface area contributed by atoms with E-state index in [4.69, 9.17) is 5.11 Å². The van der Waals surface area contributed by atoms with Crippen LogP contribution >= 0.6 is 0 Å². The van der Waals surface area contributed by atoms with Gasteiger partial charge < -0.3 is 0 Å². The molecule has 0 aliphatic heterocycles. The predicted molar refractivity (Wildman–Crippen MR) is 41.7 cm³/mol. The monoisotopic (exact) mass is 244 g/mol. The van der Waals surface area contributed by atoms with E-state index in [-0.39, 0.29) is 27.5 Å². The van der Waals surface area contributed by atoms with Gasteiger partial charge in [-0.2, -0.15) is 0 Å². The molecule has 0 rings (SSSR count). The van der Waals surface area contributed by atoms with Gasteiger partial charge in [-0.15, -0.1) is 0 Å². The zero-order valence-electron chi connectivity index (χ0n) is 5.84. The van der Waals surface area contributed by atoms with Gasteiger partial charge in [0.1, 0.15) is 0 Å². The fourth-order valence-electron chi connectivity index (χ4n) is 0.407. The zero-order chi connectivity index (χ0) is 6.95. The van der Waals surface area contributed by atoms with Gasteiger partial charge in [-0.05, 0) is 0 Å². The van der Waals surface area contributed by atoms with Crippen molar-refractivity contribution in [2.75, 3.05) is 6.61 Å². The Hall–Kier alpha value is 0.490. The van der Waals surface area contributed by atoms with E-state index in [1.54, 1.807) is 0 Å². The molecule has 2 heteroatoms. The van der Waals surface area contributed by atoms with Gasteiger partial charge in [0, 0.05) is 0 Å². The molecule has 0 saturated carbocycles. The van der Waals surface area contributed by atoms with E-state index in [2.05, 4.69) is 11.0 Å². The Morgan fingerprint density at radius 1 is 1.56 bits per heavy atom. The Morgan fingerprint density at radius 3 is 2.89 bits per heavy atom. The first kappa shape index (κ1) is 9.49. The Bertz CT molecular complexity index is 71.3. The molecule has 0 radical (unpaired) electrons. The molecular formula is C7H14OTe. The Kier molecular flexibility index (Phi) is 8.95. The number of hydrogen-bond donors (Lipinski definition) is 1. The molecule has 0 aromatic carbocycles. The first-order valence-electron chi connectivity index (χ1n) is 3.29. The maximum atomic E-state index is 8.36. The van der Waals surface area contributed by atoms with Crippen LogP contribution in [0.25, 0.3) is 0 Å². The van der Waals surface area contributed by atoms with Crippen molar-refractivity contribution in [3.63, 3.8) is 0 Å². The molecule has 0 fully saturated rings. The van der Waals surface area contributed by atoms with Crippen molar-refractivity contribution in [1.82, 2.24) is 0 Å². The standard InChI is InChI=1S/C7H14OTe/c1-2-3-6-9-7-4-5-8/h4,7-8H,2-3,5-6H2,1H3/b7-4-. The molecule has 54 valence electrons. The fraction of sp³-hybridized carbons (Fsp3) is 0.714. The topological polar surface area (TPSA) is 20.2 Å². The molecule has 0 aromatic heterocycles. The summed E-state index contributed by atoms with van der Waals surface area (Å²) in [6.45, 7) is 2.43. The molecule has 0 aromatic rings. The molecule has 0 bridgehead atoms. The van der Waals surface area contributed by atoms with Crippen LogP contribution in [0.3, 0.4) is 0 Å². The third-order valence-electron chi connectivity index (χ3n) is 0.914. The van der Waals surface area contributed by atoms with Crippen LogP contribution in [-0.4, -0.2) is 32.6 Å². The summed E-state index contributed by atoms with van der Waals surface area (Å²) in [5, 5.41) is 8.36. The molecule has 0 aliphatic rings. The molecule has 0 aliphatic carbocycles. The molecule has 0 amide bonds. The molecule has 0 saturated heterocycles. The van der Waals surface area contributed by atoms with Gasteiger partial charge in [0.25, 0.3) is 0 Å². The van der Waals surface area contributed by atoms with Gasteiger partial charge in [-0.25, -0.2) is 0 Å². The number of rotatable bonds is 5. The van der Waals surface area contributed by atoms with Crippen molar-refractivity contribution in [1.29, 1.82) is 0 Å². The predicted octanol–water partition coefficient (Wildman–Crippen LogP) is 1.41. The summed E-state index contributed by atoms with van der Waals surface area (Å²) >= 11 is 0.117. The van der Waals surface area contributed by atoms with Gasteiger partial charge >= 0.3 is 67.1 Å². The van der Waals surface area contributed by atoms with E-state index in [1.165, 1.54) is 17.3 Å². The third kappa shape index (κ3) is 8.49. The van der Waals surface area contributed by atoms with Crippen LogP contribution in [0, 0.1) is 0 Å². The molecule has 0 heterocycles. The Morgan fingerprint density at radius 2 is 2.33 bits per heavy atom. The molecule has 1 nitrogen and oxygen atoms in total. The van der Waals surface area contributed by atoms with Crippen molar-refractivity contribution < 1.29 is 5.11 Å². The Labute approximate surface area is 67.2 Å². The summed E-state index contributed by atoms with van der Waals surface area (Å²) in [6, 6.07) is 0. The van der Waals surface area contributed by atoms with Crippen molar-refractivity contribution in [3.05, 3.63) is 10.2 Å². The normalized spacial score (nSPS) is 10.9. The third-order valence-corrected chi connectivity index (χ3v) is 3.51. The van der Waals surface area contributed by atoms with Crippen molar-refractivity contribution in [2.45, 2.75) is 24.2 Å². The van der Waals surface area contributed by atoms with Gasteiger partial charge in [0.05, 0.1) is 0 Å². The molecule has 0 spiro atoms. The zero-order valence-corrected chi connectivity index (χ0v) is 8.17. The second-order valence-corrected chi connectivity index (χ2v) is 4.67. The summed E-state index contributed by atoms with van der Waals surface area (Å²) in [6.07, 6.45) is 4.52. The van der Waals surface area contributed by atoms with Crippen LogP contribution in [0.2, 0.25) is 4.47 Å². The minimum absolute atomic E-state index is 0.117. The second-order valence-electron chi connectivity index (χ2n) is 1.78. The van der Waals surface area contributed by atoms with Crippen molar-refractivity contribution in [2.24, 2.45) is 0 Å². The fourth-order valence-corrected chi connectivity index (χ4v) is 2.73. The van der Waals surface area contributed by atoms with Crippen LogP contribution in [0.5, 0.6) is 0 Å². The van der Waals surface area contributed by atoms with Gasteiger partial charge in [-0.1, -0.05) is 0 Å². The minimum atomic E-state index is 0.117. The summed E-state index contributed by atoms with van der Waals surface area (Å²) < 4.78 is 3.55. The summed E-state index contributed by atoms with van der Waals surface area (Å²) in [5.41, 5.74) is 0. The number of unbranched alkanes of at least 4 members (excludes halogenated alkanes) is 1.